The van der Waals surface area contributed by atoms with E-state index in [0.29, 0.717) is 35.6 Å². The van der Waals surface area contributed by atoms with Gasteiger partial charge in [-0.15, -0.1) is 0 Å². The fourth-order valence-corrected chi connectivity index (χ4v) is 4.20. The third-order valence-corrected chi connectivity index (χ3v) is 6.03. The zero-order chi connectivity index (χ0) is 26.4. The van der Waals surface area contributed by atoms with Crippen LogP contribution in [0.1, 0.15) is 55.5 Å². The summed E-state index contributed by atoms with van der Waals surface area (Å²) in [7, 11) is 2.05. The van der Waals surface area contributed by atoms with Gasteiger partial charge in [0.15, 0.2) is 5.82 Å². The molecule has 3 heterocycles. The van der Waals surface area contributed by atoms with E-state index >= 15 is 0 Å². The number of nitrogens with one attached hydrogen (secondary N) is 1. The van der Waals surface area contributed by atoms with E-state index in [1.165, 1.54) is 0 Å². The van der Waals surface area contributed by atoms with Crippen LogP contribution < -0.4 is 5.32 Å². The third-order valence-electron chi connectivity index (χ3n) is 6.03. The number of aryl methyl sites for hydroxylation is 1. The Labute approximate surface area is 212 Å². The Morgan fingerprint density at radius 3 is 2.47 bits per heavy atom. The molecule has 0 bridgehead atoms. The predicted octanol–water partition coefficient (Wildman–Crippen LogP) is 5.17. The van der Waals surface area contributed by atoms with Crippen molar-refractivity contribution >= 4 is 23.6 Å². The van der Waals surface area contributed by atoms with Gasteiger partial charge in [-0.2, -0.15) is 0 Å². The second-order valence-electron chi connectivity index (χ2n) is 8.77. The molecule has 3 aromatic rings. The highest BCUT2D eigenvalue weighted by atomic mass is 19.1. The van der Waals surface area contributed by atoms with Crippen LogP contribution >= 0.6 is 0 Å². The molecule has 0 aliphatic carbocycles. The molecule has 1 N–H and O–H groups in total. The summed E-state index contributed by atoms with van der Waals surface area (Å²) in [6, 6.07) is 5.50. The molecule has 1 aliphatic heterocycles. The lowest BCUT2D eigenvalue weighted by atomic mass is 10.0. The Morgan fingerprint density at radius 2 is 1.83 bits per heavy atom. The van der Waals surface area contributed by atoms with Crippen molar-refractivity contribution < 1.29 is 9.18 Å². The minimum absolute atomic E-state index is 0.00724. The van der Waals surface area contributed by atoms with Crippen LogP contribution in [0.3, 0.4) is 0 Å². The SMILES string of the molecule is C=Cc1cc(Nc2ncc(F)c(-c3cnc(C)n3C(C)C)n2)ccc1C(=O)N1CCN(C)CC1.CC. The summed E-state index contributed by atoms with van der Waals surface area (Å²) in [5, 5.41) is 3.13. The Bertz CT molecular complexity index is 1210. The smallest absolute Gasteiger partial charge is 0.254 e. The molecule has 0 radical (unpaired) electrons. The average molecular weight is 494 g/mol. The maximum atomic E-state index is 14.7. The summed E-state index contributed by atoms with van der Waals surface area (Å²) in [6.45, 7) is 16.9. The number of rotatable bonds is 6. The van der Waals surface area contributed by atoms with Crippen molar-refractivity contribution in [3.05, 3.63) is 59.9 Å². The lowest BCUT2D eigenvalue weighted by molar-refractivity contribution is 0.0664. The van der Waals surface area contributed by atoms with Crippen molar-refractivity contribution in [2.45, 2.75) is 40.7 Å². The summed E-state index contributed by atoms with van der Waals surface area (Å²) in [5.74, 6) is 0.506. The van der Waals surface area contributed by atoms with Gasteiger partial charge in [-0.25, -0.2) is 19.3 Å². The third kappa shape index (κ3) is 5.79. The van der Waals surface area contributed by atoms with Crippen LogP contribution in [0.2, 0.25) is 0 Å². The number of likely N-dealkylation sites (N-methyl/N-ethyl adjacent to an activating group) is 1. The number of imidazole rings is 1. The minimum atomic E-state index is -0.521. The van der Waals surface area contributed by atoms with Gasteiger partial charge < -0.3 is 19.7 Å². The Morgan fingerprint density at radius 1 is 1.14 bits per heavy atom. The Kier molecular flexibility index (Phi) is 8.93. The first-order chi connectivity index (χ1) is 17.3. The van der Waals surface area contributed by atoms with Crippen molar-refractivity contribution in [1.29, 1.82) is 0 Å². The quantitative estimate of drug-likeness (QED) is 0.510. The molecular formula is C27H36FN7O. The summed E-state index contributed by atoms with van der Waals surface area (Å²) >= 11 is 0. The number of anilines is 2. The normalized spacial score (nSPS) is 13.8. The Hall–Kier alpha value is -3.59. The number of hydrogen-bond acceptors (Lipinski definition) is 6. The molecule has 1 saturated heterocycles. The highest BCUT2D eigenvalue weighted by Gasteiger charge is 2.22. The van der Waals surface area contributed by atoms with Gasteiger partial charge in [0.25, 0.3) is 5.91 Å². The van der Waals surface area contributed by atoms with Gasteiger partial charge in [0.05, 0.1) is 18.1 Å². The summed E-state index contributed by atoms with van der Waals surface area (Å²) in [6.07, 6.45) is 4.44. The molecule has 1 aromatic carbocycles. The molecule has 0 atom stereocenters. The largest absolute Gasteiger partial charge is 0.336 e. The van der Waals surface area contributed by atoms with Crippen LogP contribution in [0.25, 0.3) is 17.5 Å². The number of benzene rings is 1. The minimum Gasteiger partial charge on any atom is -0.336 e. The molecule has 36 heavy (non-hydrogen) atoms. The average Bonchev–Trinajstić information content (AvgIpc) is 3.27. The number of hydrogen-bond donors (Lipinski definition) is 1. The van der Waals surface area contributed by atoms with E-state index in [1.54, 1.807) is 24.4 Å². The topological polar surface area (TPSA) is 79.2 Å². The molecular weight excluding hydrogens is 457 g/mol. The first-order valence-corrected chi connectivity index (χ1v) is 12.4. The molecule has 1 amide bonds. The number of halogens is 1. The van der Waals surface area contributed by atoms with Gasteiger partial charge in [0.1, 0.15) is 11.5 Å². The van der Waals surface area contributed by atoms with Crippen LogP contribution in [0.5, 0.6) is 0 Å². The zero-order valence-electron chi connectivity index (χ0n) is 22.0. The van der Waals surface area contributed by atoms with Gasteiger partial charge in [-0.3, -0.25) is 4.79 Å². The lowest BCUT2D eigenvalue weighted by Crippen LogP contribution is -2.47. The standard InChI is InChI=1S/C25H30FN7O.C2H6/c1-6-18-13-19(7-8-20(18)24(34)32-11-9-31(5)10-12-32)29-25-28-14-21(26)23(30-25)22-15-27-17(4)33(22)16(2)3;1-2/h6-8,13-16H,1,9-12H2,2-5H3,(H,28,29,30);1-2H3. The first-order valence-electron chi connectivity index (χ1n) is 12.4. The molecule has 1 fully saturated rings. The highest BCUT2D eigenvalue weighted by molar-refractivity contribution is 5.98. The number of carbonyl (C=O) groups excluding carboxylic acids is 1. The van der Waals surface area contributed by atoms with Crippen molar-refractivity contribution in [3.63, 3.8) is 0 Å². The van der Waals surface area contributed by atoms with E-state index in [0.717, 1.165) is 25.1 Å². The van der Waals surface area contributed by atoms with Gasteiger partial charge in [0, 0.05) is 43.5 Å². The number of carbonyl (C=O) groups is 1. The van der Waals surface area contributed by atoms with Crippen LogP contribution in [0.15, 0.2) is 37.2 Å². The molecule has 0 spiro atoms. The summed E-state index contributed by atoms with van der Waals surface area (Å²) < 4.78 is 16.6. The van der Waals surface area contributed by atoms with E-state index in [2.05, 4.69) is 38.8 Å². The van der Waals surface area contributed by atoms with Crippen molar-refractivity contribution in [3.8, 4) is 11.4 Å². The maximum Gasteiger partial charge on any atom is 0.254 e. The van der Waals surface area contributed by atoms with Gasteiger partial charge in [-0.1, -0.05) is 26.5 Å². The zero-order valence-corrected chi connectivity index (χ0v) is 22.0. The van der Waals surface area contributed by atoms with Crippen LogP contribution in [-0.2, 0) is 0 Å². The van der Waals surface area contributed by atoms with Gasteiger partial charge >= 0.3 is 0 Å². The van der Waals surface area contributed by atoms with E-state index in [1.807, 2.05) is 50.2 Å². The lowest BCUT2D eigenvalue weighted by Gasteiger charge is -2.32. The maximum absolute atomic E-state index is 14.7. The molecule has 0 saturated carbocycles. The number of aromatic nitrogens is 4. The fourth-order valence-electron chi connectivity index (χ4n) is 4.20. The number of piperazine rings is 1. The van der Waals surface area contributed by atoms with E-state index in [-0.39, 0.29) is 23.6 Å². The first kappa shape index (κ1) is 27.0. The van der Waals surface area contributed by atoms with E-state index < -0.39 is 5.82 Å². The second kappa shape index (κ2) is 11.9. The fraction of sp³-hybridized carbons (Fsp3) is 0.407. The molecule has 2 aromatic heterocycles. The number of nitrogens with zero attached hydrogens (tertiary/aromatic N) is 6. The van der Waals surface area contributed by atoms with Crippen LogP contribution in [0.4, 0.5) is 16.0 Å². The molecule has 1 aliphatic rings. The van der Waals surface area contributed by atoms with Gasteiger partial charge in [0.2, 0.25) is 5.95 Å². The van der Waals surface area contributed by atoms with Crippen LogP contribution in [-0.4, -0.2) is 68.5 Å². The van der Waals surface area contributed by atoms with E-state index in [9.17, 15) is 9.18 Å². The van der Waals surface area contributed by atoms with Crippen molar-refractivity contribution in [2.75, 3.05) is 38.5 Å². The Balaban J connectivity index is 0.00000176. The second-order valence-corrected chi connectivity index (χ2v) is 8.77. The number of amides is 1. The monoisotopic (exact) mass is 493 g/mol. The molecule has 4 rings (SSSR count). The summed E-state index contributed by atoms with van der Waals surface area (Å²) in [5.41, 5.74) is 2.76. The molecule has 8 nitrogen and oxygen atoms in total. The molecule has 192 valence electrons. The van der Waals surface area contributed by atoms with Gasteiger partial charge in [-0.05, 0) is 51.6 Å². The predicted molar refractivity (Wildman–Crippen MR) is 143 cm³/mol. The van der Waals surface area contributed by atoms with Crippen molar-refractivity contribution in [2.24, 2.45) is 0 Å². The summed E-state index contributed by atoms with van der Waals surface area (Å²) in [4.78, 5) is 30.0. The van der Waals surface area contributed by atoms with E-state index in [4.69, 9.17) is 0 Å². The van der Waals surface area contributed by atoms with Crippen LogP contribution in [0, 0.1) is 12.7 Å². The highest BCUT2D eigenvalue weighted by Crippen LogP contribution is 2.27. The molecule has 0 unspecified atom stereocenters. The van der Waals surface area contributed by atoms with Crippen molar-refractivity contribution in [1.82, 2.24) is 29.3 Å². The molecule has 9 heteroatoms.